The average Bonchev–Trinajstić information content (AvgIpc) is 3.07. The highest BCUT2D eigenvalue weighted by molar-refractivity contribution is 6.30. The third kappa shape index (κ3) is 3.99. The fourth-order valence-electron chi connectivity index (χ4n) is 3.16. The van der Waals surface area contributed by atoms with Gasteiger partial charge in [-0.15, -0.1) is 0 Å². The molecule has 1 aliphatic rings. The summed E-state index contributed by atoms with van der Waals surface area (Å²) in [7, 11) is 4.47. The van der Waals surface area contributed by atoms with E-state index in [4.69, 9.17) is 25.8 Å². The first-order valence-corrected chi connectivity index (χ1v) is 9.01. The van der Waals surface area contributed by atoms with Crippen LogP contribution in [0.25, 0.3) is 0 Å². The van der Waals surface area contributed by atoms with Gasteiger partial charge in [0.05, 0.1) is 27.4 Å². The van der Waals surface area contributed by atoms with Crippen LogP contribution in [0.5, 0.6) is 17.2 Å². The van der Waals surface area contributed by atoms with Crippen LogP contribution >= 0.6 is 11.6 Å². The van der Waals surface area contributed by atoms with E-state index in [0.29, 0.717) is 34.4 Å². The predicted octanol–water partition coefficient (Wildman–Crippen LogP) is 2.90. The van der Waals surface area contributed by atoms with Crippen LogP contribution in [0.2, 0.25) is 5.02 Å². The monoisotopic (exact) mass is 404 g/mol. The molecule has 1 N–H and O–H groups in total. The molecule has 148 valence electrons. The summed E-state index contributed by atoms with van der Waals surface area (Å²) in [5.41, 5.74) is 1.10. The van der Waals surface area contributed by atoms with Gasteiger partial charge in [-0.25, -0.2) is 0 Å². The SMILES string of the molecule is COc1cc(C(=O)NC2CC(=O)N(c3ccc(Cl)cc3)C2)cc(OC)c1OC. The van der Waals surface area contributed by atoms with Gasteiger partial charge in [0.15, 0.2) is 11.5 Å². The highest BCUT2D eigenvalue weighted by Crippen LogP contribution is 2.38. The maximum atomic E-state index is 12.7. The lowest BCUT2D eigenvalue weighted by atomic mass is 10.1. The van der Waals surface area contributed by atoms with E-state index in [1.54, 1.807) is 41.3 Å². The standard InChI is InChI=1S/C20H21ClN2O5/c1-26-16-8-12(9-17(27-2)19(16)28-3)20(25)22-14-10-18(24)23(11-14)15-6-4-13(21)5-7-15/h4-9,14H,10-11H2,1-3H3,(H,22,25). The van der Waals surface area contributed by atoms with Gasteiger partial charge in [0.1, 0.15) is 0 Å². The van der Waals surface area contributed by atoms with Crippen LogP contribution < -0.4 is 24.4 Å². The van der Waals surface area contributed by atoms with Crippen molar-refractivity contribution in [2.75, 3.05) is 32.8 Å². The van der Waals surface area contributed by atoms with Crippen LogP contribution in [0.1, 0.15) is 16.8 Å². The fourth-order valence-corrected chi connectivity index (χ4v) is 3.28. The average molecular weight is 405 g/mol. The van der Waals surface area contributed by atoms with Crippen LogP contribution in [0.15, 0.2) is 36.4 Å². The lowest BCUT2D eigenvalue weighted by Crippen LogP contribution is -2.37. The number of rotatable bonds is 6. The molecule has 2 aromatic carbocycles. The van der Waals surface area contributed by atoms with Crippen molar-refractivity contribution in [3.63, 3.8) is 0 Å². The molecule has 28 heavy (non-hydrogen) atoms. The molecule has 1 atom stereocenters. The van der Waals surface area contributed by atoms with E-state index in [1.165, 1.54) is 21.3 Å². The van der Waals surface area contributed by atoms with Crippen molar-refractivity contribution in [3.8, 4) is 17.2 Å². The van der Waals surface area contributed by atoms with Gasteiger partial charge in [-0.1, -0.05) is 11.6 Å². The Morgan fingerprint density at radius 2 is 1.68 bits per heavy atom. The molecule has 0 spiro atoms. The largest absolute Gasteiger partial charge is 0.493 e. The van der Waals surface area contributed by atoms with Crippen LogP contribution in [0.4, 0.5) is 5.69 Å². The van der Waals surface area contributed by atoms with Crippen LogP contribution in [-0.4, -0.2) is 45.7 Å². The number of carbonyl (C=O) groups excluding carboxylic acids is 2. The summed E-state index contributed by atoms with van der Waals surface area (Å²) >= 11 is 5.90. The van der Waals surface area contributed by atoms with Gasteiger partial charge in [0.2, 0.25) is 11.7 Å². The summed E-state index contributed by atoms with van der Waals surface area (Å²) in [5.74, 6) is 0.800. The first-order chi connectivity index (χ1) is 13.5. The van der Waals surface area contributed by atoms with Crippen molar-refractivity contribution in [2.24, 2.45) is 0 Å². The molecule has 0 aliphatic carbocycles. The Bertz CT molecular complexity index is 860. The number of carbonyl (C=O) groups is 2. The maximum absolute atomic E-state index is 12.7. The van der Waals surface area contributed by atoms with Crippen LogP contribution in [0.3, 0.4) is 0 Å². The second kappa shape index (κ2) is 8.39. The summed E-state index contributed by atoms with van der Waals surface area (Å²) < 4.78 is 15.8. The van der Waals surface area contributed by atoms with Crippen LogP contribution in [-0.2, 0) is 4.79 Å². The summed E-state index contributed by atoms with van der Waals surface area (Å²) in [6, 6.07) is 9.86. The van der Waals surface area contributed by atoms with Crippen molar-refractivity contribution >= 4 is 29.1 Å². The van der Waals surface area contributed by atoms with Gasteiger partial charge in [-0.05, 0) is 36.4 Å². The Balaban J connectivity index is 1.75. The molecule has 7 nitrogen and oxygen atoms in total. The Morgan fingerprint density at radius 3 is 2.21 bits per heavy atom. The van der Waals surface area contributed by atoms with Gasteiger partial charge in [0, 0.05) is 29.2 Å². The first kappa shape index (κ1) is 19.8. The van der Waals surface area contributed by atoms with Crippen molar-refractivity contribution in [1.29, 1.82) is 0 Å². The van der Waals surface area contributed by atoms with E-state index in [9.17, 15) is 9.59 Å². The minimum absolute atomic E-state index is 0.0579. The Kier molecular flexibility index (Phi) is 5.94. The van der Waals surface area contributed by atoms with Gasteiger partial charge < -0.3 is 24.4 Å². The molecule has 1 heterocycles. The number of nitrogens with zero attached hydrogens (tertiary/aromatic N) is 1. The van der Waals surface area contributed by atoms with E-state index in [2.05, 4.69) is 5.32 Å². The number of anilines is 1. The molecule has 2 aromatic rings. The minimum Gasteiger partial charge on any atom is -0.493 e. The number of hydrogen-bond donors (Lipinski definition) is 1. The van der Waals surface area contributed by atoms with Gasteiger partial charge in [-0.3, -0.25) is 9.59 Å². The molecule has 0 bridgehead atoms. The maximum Gasteiger partial charge on any atom is 0.251 e. The normalized spacial score (nSPS) is 16.1. The van der Waals surface area contributed by atoms with Gasteiger partial charge in [0.25, 0.3) is 5.91 Å². The minimum atomic E-state index is -0.324. The second-order valence-electron chi connectivity index (χ2n) is 6.27. The summed E-state index contributed by atoms with van der Waals surface area (Å²) in [5, 5.41) is 3.50. The van der Waals surface area contributed by atoms with Crippen molar-refractivity contribution in [2.45, 2.75) is 12.5 Å². The fraction of sp³-hybridized carbons (Fsp3) is 0.300. The van der Waals surface area contributed by atoms with E-state index >= 15 is 0 Å². The zero-order valence-electron chi connectivity index (χ0n) is 15.8. The molecule has 0 saturated carbocycles. The third-order valence-corrected chi connectivity index (χ3v) is 4.78. The third-order valence-electron chi connectivity index (χ3n) is 4.53. The summed E-state index contributed by atoms with van der Waals surface area (Å²) in [4.78, 5) is 26.7. The Labute approximate surface area is 168 Å². The zero-order valence-corrected chi connectivity index (χ0v) is 16.6. The topological polar surface area (TPSA) is 77.1 Å². The lowest BCUT2D eigenvalue weighted by Gasteiger charge is -2.18. The number of benzene rings is 2. The van der Waals surface area contributed by atoms with Crippen molar-refractivity contribution in [3.05, 3.63) is 47.0 Å². The number of hydrogen-bond acceptors (Lipinski definition) is 5. The molecule has 1 aliphatic heterocycles. The van der Waals surface area contributed by atoms with Gasteiger partial charge >= 0.3 is 0 Å². The number of ether oxygens (including phenoxy) is 3. The van der Waals surface area contributed by atoms with E-state index in [1.807, 2.05) is 0 Å². The zero-order chi connectivity index (χ0) is 20.3. The van der Waals surface area contributed by atoms with E-state index in [-0.39, 0.29) is 24.3 Å². The molecular weight excluding hydrogens is 384 g/mol. The van der Waals surface area contributed by atoms with Gasteiger partial charge in [-0.2, -0.15) is 0 Å². The Morgan fingerprint density at radius 1 is 1.07 bits per heavy atom. The molecule has 1 unspecified atom stereocenters. The summed E-state index contributed by atoms with van der Waals surface area (Å²) in [6.45, 7) is 0.386. The molecular formula is C20H21ClN2O5. The molecule has 0 aromatic heterocycles. The number of halogens is 1. The quantitative estimate of drug-likeness (QED) is 0.801. The number of amides is 2. The number of nitrogens with one attached hydrogen (secondary N) is 1. The van der Waals surface area contributed by atoms with E-state index in [0.717, 1.165) is 5.69 Å². The molecule has 1 saturated heterocycles. The first-order valence-electron chi connectivity index (χ1n) is 8.63. The lowest BCUT2D eigenvalue weighted by molar-refractivity contribution is -0.117. The number of methoxy groups -OCH3 is 3. The molecule has 2 amide bonds. The second-order valence-corrected chi connectivity index (χ2v) is 6.71. The highest BCUT2D eigenvalue weighted by Gasteiger charge is 2.32. The Hall–Kier alpha value is -2.93. The molecule has 8 heteroatoms. The van der Waals surface area contributed by atoms with Crippen molar-refractivity contribution < 1.29 is 23.8 Å². The van der Waals surface area contributed by atoms with E-state index < -0.39 is 0 Å². The molecule has 3 rings (SSSR count). The highest BCUT2D eigenvalue weighted by atomic mass is 35.5. The molecule has 1 fully saturated rings. The predicted molar refractivity (Wildman–Crippen MR) is 106 cm³/mol. The smallest absolute Gasteiger partial charge is 0.251 e. The molecule has 0 radical (unpaired) electrons. The van der Waals surface area contributed by atoms with Crippen molar-refractivity contribution in [1.82, 2.24) is 5.32 Å². The van der Waals surface area contributed by atoms with Crippen LogP contribution in [0, 0.1) is 0 Å². The summed E-state index contributed by atoms with van der Waals surface area (Å²) in [6.07, 6.45) is 0.221.